The van der Waals surface area contributed by atoms with Crippen molar-refractivity contribution in [2.75, 3.05) is 6.54 Å². The van der Waals surface area contributed by atoms with Gasteiger partial charge in [0.1, 0.15) is 0 Å². The molecule has 2 rings (SSSR count). The van der Waals surface area contributed by atoms with Gasteiger partial charge in [0.2, 0.25) is 0 Å². The quantitative estimate of drug-likeness (QED) is 0.756. The molecule has 0 heterocycles. The molecule has 0 aliphatic rings. The fourth-order valence-corrected chi connectivity index (χ4v) is 2.29. The maximum absolute atomic E-state index is 3.85. The van der Waals surface area contributed by atoms with Gasteiger partial charge in [-0.3, -0.25) is 0 Å². The fourth-order valence-electron chi connectivity index (χ4n) is 2.29. The van der Waals surface area contributed by atoms with E-state index in [-0.39, 0.29) is 0 Å². The molecule has 0 saturated carbocycles. The fraction of sp³-hybridized carbons (Fsp3) is 0.250. The Bertz CT molecular complexity index is 496. The van der Waals surface area contributed by atoms with Crippen LogP contribution < -0.4 is 5.32 Å². The van der Waals surface area contributed by atoms with Gasteiger partial charge in [-0.25, -0.2) is 0 Å². The first-order chi connectivity index (χ1) is 8.36. The zero-order valence-electron chi connectivity index (χ0n) is 10.3. The van der Waals surface area contributed by atoms with Crippen LogP contribution in [0.1, 0.15) is 24.9 Å². The van der Waals surface area contributed by atoms with Crippen molar-refractivity contribution < 1.29 is 0 Å². The predicted molar refractivity (Wildman–Crippen MR) is 75.2 cm³/mol. The minimum atomic E-state index is 0.364. The zero-order chi connectivity index (χ0) is 12.1. The number of rotatable bonds is 5. The van der Waals surface area contributed by atoms with Crippen LogP contribution in [0, 0.1) is 0 Å². The minimum Gasteiger partial charge on any atom is -0.310 e. The van der Waals surface area contributed by atoms with Gasteiger partial charge in [-0.2, -0.15) is 0 Å². The molecule has 2 aromatic carbocycles. The minimum absolute atomic E-state index is 0.364. The van der Waals surface area contributed by atoms with E-state index >= 15 is 0 Å². The highest BCUT2D eigenvalue weighted by atomic mass is 14.9. The van der Waals surface area contributed by atoms with E-state index in [0.29, 0.717) is 6.04 Å². The van der Waals surface area contributed by atoms with Crippen LogP contribution >= 0.6 is 0 Å². The van der Waals surface area contributed by atoms with Crippen molar-refractivity contribution in [3.63, 3.8) is 0 Å². The lowest BCUT2D eigenvalue weighted by Crippen LogP contribution is -2.20. The number of benzene rings is 2. The normalized spacial score (nSPS) is 12.5. The predicted octanol–water partition coefficient (Wildman–Crippen LogP) is 4.07. The van der Waals surface area contributed by atoms with Gasteiger partial charge >= 0.3 is 0 Å². The summed E-state index contributed by atoms with van der Waals surface area (Å²) in [5, 5.41) is 6.16. The maximum Gasteiger partial charge on any atom is 0.0360 e. The van der Waals surface area contributed by atoms with Gasteiger partial charge in [-0.1, -0.05) is 55.5 Å². The lowest BCUT2D eigenvalue weighted by molar-refractivity contribution is 0.562. The van der Waals surface area contributed by atoms with Gasteiger partial charge < -0.3 is 5.32 Å². The van der Waals surface area contributed by atoms with Crippen LogP contribution in [0.3, 0.4) is 0 Å². The zero-order valence-corrected chi connectivity index (χ0v) is 10.3. The monoisotopic (exact) mass is 225 g/mol. The molecular formula is C16H19N. The van der Waals surface area contributed by atoms with Crippen LogP contribution in [0.5, 0.6) is 0 Å². The molecule has 17 heavy (non-hydrogen) atoms. The van der Waals surface area contributed by atoms with Gasteiger partial charge in [-0.05, 0) is 29.3 Å². The molecule has 0 aromatic heterocycles. The molecule has 0 radical (unpaired) electrons. The molecule has 0 aliphatic carbocycles. The average molecular weight is 225 g/mol. The summed E-state index contributed by atoms with van der Waals surface area (Å²) in [7, 11) is 0. The summed E-state index contributed by atoms with van der Waals surface area (Å²) in [4.78, 5) is 0. The lowest BCUT2D eigenvalue weighted by atomic mass is 9.97. The molecule has 0 spiro atoms. The van der Waals surface area contributed by atoms with E-state index in [1.165, 1.54) is 16.3 Å². The third-order valence-corrected chi connectivity index (χ3v) is 3.05. The first-order valence-corrected chi connectivity index (χ1v) is 6.18. The van der Waals surface area contributed by atoms with E-state index in [4.69, 9.17) is 0 Å². The Balaban J connectivity index is 2.48. The van der Waals surface area contributed by atoms with Crippen LogP contribution in [-0.2, 0) is 0 Å². The van der Waals surface area contributed by atoms with Crippen molar-refractivity contribution >= 4 is 10.8 Å². The van der Waals surface area contributed by atoms with Gasteiger partial charge in [-0.15, -0.1) is 6.58 Å². The number of hydrogen-bond donors (Lipinski definition) is 1. The highest BCUT2D eigenvalue weighted by molar-refractivity contribution is 5.86. The molecule has 88 valence electrons. The van der Waals surface area contributed by atoms with Gasteiger partial charge in [0.25, 0.3) is 0 Å². The number of hydrogen-bond acceptors (Lipinski definition) is 1. The van der Waals surface area contributed by atoms with E-state index in [2.05, 4.69) is 61.3 Å². The lowest BCUT2D eigenvalue weighted by Gasteiger charge is -2.18. The topological polar surface area (TPSA) is 12.0 Å². The van der Waals surface area contributed by atoms with Crippen molar-refractivity contribution in [1.82, 2.24) is 5.32 Å². The molecule has 0 bridgehead atoms. The Morgan fingerprint density at radius 3 is 2.71 bits per heavy atom. The summed E-state index contributed by atoms with van der Waals surface area (Å²) < 4.78 is 0. The summed E-state index contributed by atoms with van der Waals surface area (Å²) in [5.74, 6) is 0. The van der Waals surface area contributed by atoms with Crippen molar-refractivity contribution in [2.24, 2.45) is 0 Å². The summed E-state index contributed by atoms with van der Waals surface area (Å²) in [6.07, 6.45) is 2.94. The van der Waals surface area contributed by atoms with E-state index in [1.54, 1.807) is 0 Å². The second-order valence-corrected chi connectivity index (χ2v) is 4.20. The highest BCUT2D eigenvalue weighted by Crippen LogP contribution is 2.26. The van der Waals surface area contributed by atoms with Crippen LogP contribution in [0.4, 0.5) is 0 Å². The highest BCUT2D eigenvalue weighted by Gasteiger charge is 2.10. The molecule has 2 aromatic rings. The Kier molecular flexibility index (Phi) is 3.94. The van der Waals surface area contributed by atoms with Crippen LogP contribution in [-0.4, -0.2) is 6.54 Å². The molecular weight excluding hydrogens is 206 g/mol. The Morgan fingerprint density at radius 2 is 1.94 bits per heavy atom. The molecule has 1 atom stereocenters. The van der Waals surface area contributed by atoms with E-state index in [9.17, 15) is 0 Å². The van der Waals surface area contributed by atoms with Gasteiger partial charge in [0.05, 0.1) is 0 Å². The first kappa shape index (κ1) is 11.9. The van der Waals surface area contributed by atoms with Crippen LogP contribution in [0.15, 0.2) is 55.1 Å². The molecule has 0 saturated heterocycles. The third-order valence-electron chi connectivity index (χ3n) is 3.05. The largest absolute Gasteiger partial charge is 0.310 e. The van der Waals surface area contributed by atoms with Crippen LogP contribution in [0.25, 0.3) is 10.8 Å². The summed E-state index contributed by atoms with van der Waals surface area (Å²) in [6.45, 7) is 6.96. The molecule has 1 nitrogen and oxygen atoms in total. The van der Waals surface area contributed by atoms with Crippen molar-refractivity contribution in [3.8, 4) is 0 Å². The molecule has 0 amide bonds. The molecule has 1 heteroatoms. The van der Waals surface area contributed by atoms with E-state index < -0.39 is 0 Å². The Labute approximate surface area is 103 Å². The Hall–Kier alpha value is -1.60. The first-order valence-electron chi connectivity index (χ1n) is 6.18. The second kappa shape index (κ2) is 5.65. The SMILES string of the molecule is C=CCC(NCC)c1cccc2ccccc12. The molecule has 1 unspecified atom stereocenters. The maximum atomic E-state index is 3.85. The van der Waals surface area contributed by atoms with Gasteiger partial charge in [0, 0.05) is 6.04 Å². The van der Waals surface area contributed by atoms with Gasteiger partial charge in [0.15, 0.2) is 0 Å². The molecule has 0 aliphatic heterocycles. The van der Waals surface area contributed by atoms with E-state index in [0.717, 1.165) is 13.0 Å². The summed E-state index contributed by atoms with van der Waals surface area (Å²) >= 11 is 0. The summed E-state index contributed by atoms with van der Waals surface area (Å²) in [6, 6.07) is 15.4. The average Bonchev–Trinajstić information content (AvgIpc) is 2.38. The second-order valence-electron chi connectivity index (χ2n) is 4.20. The van der Waals surface area contributed by atoms with Crippen molar-refractivity contribution in [3.05, 3.63) is 60.7 Å². The standard InChI is InChI=1S/C16H19N/c1-3-8-16(17-4-2)15-12-7-10-13-9-5-6-11-14(13)15/h3,5-7,9-12,16-17H,1,4,8H2,2H3. The smallest absolute Gasteiger partial charge is 0.0360 e. The molecule has 1 N–H and O–H groups in total. The number of nitrogens with one attached hydrogen (secondary N) is 1. The van der Waals surface area contributed by atoms with Crippen molar-refractivity contribution in [2.45, 2.75) is 19.4 Å². The summed E-state index contributed by atoms with van der Waals surface area (Å²) in [5.41, 5.74) is 1.37. The number of fused-ring (bicyclic) bond motifs is 1. The molecule has 0 fully saturated rings. The van der Waals surface area contributed by atoms with E-state index in [1.807, 2.05) is 6.08 Å². The van der Waals surface area contributed by atoms with Crippen LogP contribution in [0.2, 0.25) is 0 Å². The van der Waals surface area contributed by atoms with Crippen molar-refractivity contribution in [1.29, 1.82) is 0 Å². The Morgan fingerprint density at radius 1 is 1.18 bits per heavy atom. The third kappa shape index (κ3) is 2.56.